The zero-order chi connectivity index (χ0) is 11.7. The summed E-state index contributed by atoms with van der Waals surface area (Å²) in [6.45, 7) is 1.62. The summed E-state index contributed by atoms with van der Waals surface area (Å²) in [5.74, 6) is -0.954. The number of hydrogen-bond acceptors (Lipinski definition) is 3. The summed E-state index contributed by atoms with van der Waals surface area (Å²) >= 11 is 0. The van der Waals surface area contributed by atoms with Crippen molar-refractivity contribution >= 4 is 17.6 Å². The Kier molecular flexibility index (Phi) is 2.56. The van der Waals surface area contributed by atoms with Crippen molar-refractivity contribution in [2.45, 2.75) is 19.9 Å². The van der Waals surface area contributed by atoms with Gasteiger partial charge in [0.05, 0.1) is 13.0 Å². The molecule has 4 heteroatoms. The second-order valence-corrected chi connectivity index (χ2v) is 3.82. The van der Waals surface area contributed by atoms with Crippen LogP contribution in [0.4, 0.5) is 0 Å². The molecule has 0 fully saturated rings. The van der Waals surface area contributed by atoms with E-state index >= 15 is 0 Å². The maximum atomic E-state index is 11.8. The monoisotopic (exact) mass is 217 g/mol. The van der Waals surface area contributed by atoms with Gasteiger partial charge in [-0.25, -0.2) is 0 Å². The molecular formula is C12H11NO3. The second-order valence-electron chi connectivity index (χ2n) is 3.82. The topological polar surface area (TPSA) is 54.5 Å². The molecule has 82 valence electrons. The van der Waals surface area contributed by atoms with E-state index in [2.05, 4.69) is 0 Å². The van der Waals surface area contributed by atoms with E-state index < -0.39 is 5.91 Å². The van der Waals surface area contributed by atoms with E-state index in [1.165, 1.54) is 6.92 Å². The zero-order valence-corrected chi connectivity index (χ0v) is 8.90. The molecule has 1 aliphatic rings. The summed E-state index contributed by atoms with van der Waals surface area (Å²) in [6, 6.07) is 7.09. The Morgan fingerprint density at radius 2 is 2.00 bits per heavy atom. The van der Waals surface area contributed by atoms with Crippen LogP contribution in [0.3, 0.4) is 0 Å². The molecule has 0 atom stereocenters. The number of fused-ring (bicyclic) bond motifs is 1. The summed E-state index contributed by atoms with van der Waals surface area (Å²) in [7, 11) is 0. The first-order valence-electron chi connectivity index (χ1n) is 5.01. The first kappa shape index (κ1) is 10.5. The number of benzene rings is 1. The van der Waals surface area contributed by atoms with Crippen molar-refractivity contribution in [3.05, 3.63) is 35.4 Å². The third-order valence-corrected chi connectivity index (χ3v) is 2.52. The van der Waals surface area contributed by atoms with E-state index in [0.29, 0.717) is 5.56 Å². The maximum Gasteiger partial charge on any atom is 0.261 e. The molecule has 0 saturated heterocycles. The lowest BCUT2D eigenvalue weighted by molar-refractivity contribution is -0.132. The van der Waals surface area contributed by atoms with Crippen LogP contribution in [0.25, 0.3) is 0 Å². The van der Waals surface area contributed by atoms with Crippen LogP contribution >= 0.6 is 0 Å². The van der Waals surface area contributed by atoms with Gasteiger partial charge in [-0.3, -0.25) is 19.3 Å². The molecule has 0 unspecified atom stereocenters. The highest BCUT2D eigenvalue weighted by molar-refractivity contribution is 6.11. The first-order valence-corrected chi connectivity index (χ1v) is 5.01. The molecule has 16 heavy (non-hydrogen) atoms. The predicted octanol–water partition coefficient (Wildman–Crippen LogP) is 1.15. The molecule has 0 aromatic heterocycles. The van der Waals surface area contributed by atoms with Crippen LogP contribution in [0.5, 0.6) is 0 Å². The minimum atomic E-state index is -0.423. The summed E-state index contributed by atoms with van der Waals surface area (Å²) in [5, 5.41) is 0. The molecule has 0 saturated carbocycles. The Hall–Kier alpha value is -1.97. The largest absolute Gasteiger partial charge is 0.299 e. The number of rotatable bonds is 2. The highest BCUT2D eigenvalue weighted by atomic mass is 16.2. The van der Waals surface area contributed by atoms with Gasteiger partial charge in [-0.2, -0.15) is 0 Å². The average molecular weight is 217 g/mol. The molecule has 0 aliphatic carbocycles. The van der Waals surface area contributed by atoms with Crippen LogP contribution in [0.1, 0.15) is 29.3 Å². The number of nitrogens with zero attached hydrogens (tertiary/aromatic N) is 1. The van der Waals surface area contributed by atoms with Crippen molar-refractivity contribution < 1.29 is 14.4 Å². The normalized spacial score (nSPS) is 13.8. The Balaban J connectivity index is 2.22. The molecule has 1 heterocycles. The van der Waals surface area contributed by atoms with Crippen molar-refractivity contribution in [1.82, 2.24) is 4.90 Å². The molecule has 1 aliphatic heterocycles. The number of imide groups is 1. The van der Waals surface area contributed by atoms with Crippen LogP contribution in [-0.4, -0.2) is 22.5 Å². The van der Waals surface area contributed by atoms with Gasteiger partial charge in [0.25, 0.3) is 5.91 Å². The zero-order valence-electron chi connectivity index (χ0n) is 8.90. The Morgan fingerprint density at radius 3 is 2.62 bits per heavy atom. The van der Waals surface area contributed by atoms with Crippen molar-refractivity contribution in [1.29, 1.82) is 0 Å². The number of Topliss-reactive ketones (excluding diaryl/α,β-unsaturated/α-hetero) is 1. The highest BCUT2D eigenvalue weighted by Gasteiger charge is 2.31. The fourth-order valence-corrected chi connectivity index (χ4v) is 1.76. The van der Waals surface area contributed by atoms with E-state index in [4.69, 9.17) is 0 Å². The van der Waals surface area contributed by atoms with Crippen molar-refractivity contribution in [2.24, 2.45) is 0 Å². The Morgan fingerprint density at radius 1 is 1.31 bits per heavy atom. The molecular weight excluding hydrogens is 206 g/mol. The fraction of sp³-hybridized carbons (Fsp3) is 0.250. The summed E-state index contributed by atoms with van der Waals surface area (Å²) in [5.41, 5.74) is 1.39. The van der Waals surface area contributed by atoms with Crippen LogP contribution in [0.2, 0.25) is 0 Å². The number of ketones is 1. The third-order valence-electron chi connectivity index (χ3n) is 2.52. The molecule has 1 aromatic carbocycles. The quantitative estimate of drug-likeness (QED) is 0.698. The number of amides is 2. The minimum absolute atomic E-state index is 0.209. The lowest BCUT2D eigenvalue weighted by atomic mass is 10.1. The number of carbonyl (C=O) groups is 3. The second kappa shape index (κ2) is 3.89. The van der Waals surface area contributed by atoms with Crippen LogP contribution in [0, 0.1) is 0 Å². The van der Waals surface area contributed by atoms with E-state index in [1.54, 1.807) is 12.1 Å². The van der Waals surface area contributed by atoms with E-state index in [0.717, 1.165) is 10.5 Å². The standard InChI is InChI=1S/C12H11NO3/c1-8(14)6-11(15)13-7-9-4-2-3-5-10(9)12(13)16/h2-5H,6-7H2,1H3. The predicted molar refractivity (Wildman–Crippen MR) is 56.6 cm³/mol. The summed E-state index contributed by atoms with van der Waals surface area (Å²) in [6.07, 6.45) is -0.209. The third kappa shape index (κ3) is 1.74. The minimum Gasteiger partial charge on any atom is -0.299 e. The van der Waals surface area contributed by atoms with Gasteiger partial charge in [0.1, 0.15) is 5.78 Å². The Bertz CT molecular complexity index is 479. The van der Waals surface area contributed by atoms with Gasteiger partial charge in [0.15, 0.2) is 0 Å². The van der Waals surface area contributed by atoms with Gasteiger partial charge in [-0.15, -0.1) is 0 Å². The number of hydrogen-bond donors (Lipinski definition) is 0. The lowest BCUT2D eigenvalue weighted by Crippen LogP contribution is -2.32. The van der Waals surface area contributed by atoms with Gasteiger partial charge in [0, 0.05) is 5.56 Å². The van der Waals surface area contributed by atoms with E-state index in [9.17, 15) is 14.4 Å². The molecule has 0 radical (unpaired) electrons. The van der Waals surface area contributed by atoms with Crippen LogP contribution < -0.4 is 0 Å². The lowest BCUT2D eigenvalue weighted by Gasteiger charge is -2.11. The molecule has 4 nitrogen and oxygen atoms in total. The van der Waals surface area contributed by atoms with Gasteiger partial charge in [0.2, 0.25) is 5.91 Å². The molecule has 0 bridgehead atoms. The molecule has 0 spiro atoms. The highest BCUT2D eigenvalue weighted by Crippen LogP contribution is 2.22. The van der Waals surface area contributed by atoms with Crippen LogP contribution in [-0.2, 0) is 16.1 Å². The molecule has 2 amide bonds. The molecule has 0 N–H and O–H groups in total. The van der Waals surface area contributed by atoms with E-state index in [-0.39, 0.29) is 24.7 Å². The van der Waals surface area contributed by atoms with Crippen molar-refractivity contribution in [3.8, 4) is 0 Å². The van der Waals surface area contributed by atoms with Gasteiger partial charge in [-0.1, -0.05) is 18.2 Å². The SMILES string of the molecule is CC(=O)CC(=O)N1Cc2ccccc2C1=O. The fourth-order valence-electron chi connectivity index (χ4n) is 1.76. The van der Waals surface area contributed by atoms with Gasteiger partial charge in [-0.05, 0) is 18.6 Å². The number of carbonyl (C=O) groups excluding carboxylic acids is 3. The molecule has 2 rings (SSSR count). The molecule has 1 aromatic rings. The average Bonchev–Trinajstić information content (AvgIpc) is 2.56. The smallest absolute Gasteiger partial charge is 0.261 e. The first-order chi connectivity index (χ1) is 7.59. The summed E-state index contributed by atoms with van der Waals surface area (Å²) in [4.78, 5) is 35.4. The maximum absolute atomic E-state index is 11.8. The van der Waals surface area contributed by atoms with Gasteiger partial charge >= 0.3 is 0 Å². The van der Waals surface area contributed by atoms with Crippen molar-refractivity contribution in [2.75, 3.05) is 0 Å². The van der Waals surface area contributed by atoms with Crippen molar-refractivity contribution in [3.63, 3.8) is 0 Å². The van der Waals surface area contributed by atoms with E-state index in [1.807, 2.05) is 12.1 Å². The summed E-state index contributed by atoms with van der Waals surface area (Å²) < 4.78 is 0. The van der Waals surface area contributed by atoms with Gasteiger partial charge < -0.3 is 0 Å². The van der Waals surface area contributed by atoms with Crippen LogP contribution in [0.15, 0.2) is 24.3 Å². The Labute approximate surface area is 92.9 Å².